The molecule has 1 unspecified atom stereocenters. The number of hydrogen-bond donors (Lipinski definition) is 1. The Balaban J connectivity index is 1.54. The minimum absolute atomic E-state index is 0.606. The number of piperidine rings is 1. The lowest BCUT2D eigenvalue weighted by Gasteiger charge is -2.33. The first-order chi connectivity index (χ1) is 11.2. The Hall–Kier alpha value is -1.64. The van der Waals surface area contributed by atoms with E-state index < -0.39 is 0 Å². The Kier molecular flexibility index (Phi) is 5.47. The molecule has 0 aromatic heterocycles. The summed E-state index contributed by atoms with van der Waals surface area (Å²) in [5, 5.41) is 3.74. The van der Waals surface area contributed by atoms with E-state index >= 15 is 0 Å². The molecule has 23 heavy (non-hydrogen) atoms. The highest BCUT2D eigenvalue weighted by Crippen LogP contribution is 2.17. The van der Waals surface area contributed by atoms with E-state index in [1.807, 2.05) is 0 Å². The molecule has 0 saturated carbocycles. The van der Waals surface area contributed by atoms with Crippen molar-refractivity contribution in [2.75, 3.05) is 13.1 Å². The second-order valence-electron chi connectivity index (χ2n) is 6.87. The van der Waals surface area contributed by atoms with E-state index in [1.165, 1.54) is 41.6 Å². The number of likely N-dealkylation sites (tertiary alicyclic amines) is 1. The third-order valence-corrected chi connectivity index (χ3v) is 4.84. The first-order valence-corrected chi connectivity index (χ1v) is 8.76. The fourth-order valence-corrected chi connectivity index (χ4v) is 3.44. The largest absolute Gasteiger partial charge is 0.309 e. The topological polar surface area (TPSA) is 15.3 Å². The predicted octanol–water partition coefficient (Wildman–Crippen LogP) is 4.06. The summed E-state index contributed by atoms with van der Waals surface area (Å²) in [4.78, 5) is 2.61. The van der Waals surface area contributed by atoms with Gasteiger partial charge in [-0.25, -0.2) is 0 Å². The predicted molar refractivity (Wildman–Crippen MR) is 97.5 cm³/mol. The number of nitrogens with one attached hydrogen (secondary N) is 1. The highest BCUT2D eigenvalue weighted by Gasteiger charge is 2.19. The highest BCUT2D eigenvalue weighted by molar-refractivity contribution is 5.30. The maximum atomic E-state index is 3.74. The fraction of sp³-hybridized carbons (Fsp3) is 0.429. The molecule has 2 aromatic rings. The Bertz CT molecular complexity index is 621. The van der Waals surface area contributed by atoms with Crippen molar-refractivity contribution in [2.45, 2.75) is 45.8 Å². The molecule has 1 atom stereocenters. The number of hydrogen-bond acceptors (Lipinski definition) is 2. The number of rotatable bonds is 5. The van der Waals surface area contributed by atoms with Gasteiger partial charge in [0.05, 0.1) is 0 Å². The van der Waals surface area contributed by atoms with Gasteiger partial charge in [0, 0.05) is 25.7 Å². The van der Waals surface area contributed by atoms with Gasteiger partial charge in [-0.05, 0) is 49.9 Å². The maximum absolute atomic E-state index is 3.74. The summed E-state index contributed by atoms with van der Waals surface area (Å²) in [6.07, 6.45) is 2.58. The van der Waals surface area contributed by atoms with Gasteiger partial charge in [-0.15, -0.1) is 0 Å². The average molecular weight is 308 g/mol. The van der Waals surface area contributed by atoms with Crippen LogP contribution in [0.1, 0.15) is 35.1 Å². The molecule has 0 spiro atoms. The highest BCUT2D eigenvalue weighted by atomic mass is 15.2. The smallest absolute Gasteiger partial charge is 0.0237 e. The molecule has 2 heteroatoms. The zero-order chi connectivity index (χ0) is 16.1. The van der Waals surface area contributed by atoms with Gasteiger partial charge >= 0.3 is 0 Å². The Morgan fingerprint density at radius 2 is 1.91 bits per heavy atom. The summed E-state index contributed by atoms with van der Waals surface area (Å²) in [5.41, 5.74) is 5.63. The monoisotopic (exact) mass is 308 g/mol. The molecule has 3 rings (SSSR count). The first kappa shape index (κ1) is 16.2. The Morgan fingerprint density at radius 1 is 1.09 bits per heavy atom. The van der Waals surface area contributed by atoms with Gasteiger partial charge in [-0.2, -0.15) is 0 Å². The van der Waals surface area contributed by atoms with Gasteiger partial charge < -0.3 is 5.32 Å². The van der Waals surface area contributed by atoms with E-state index in [9.17, 15) is 0 Å². The molecule has 2 nitrogen and oxygen atoms in total. The van der Waals surface area contributed by atoms with Gasteiger partial charge in [0.25, 0.3) is 0 Å². The summed E-state index contributed by atoms with van der Waals surface area (Å²) >= 11 is 0. The van der Waals surface area contributed by atoms with Crippen molar-refractivity contribution in [2.24, 2.45) is 0 Å². The Morgan fingerprint density at radius 3 is 2.74 bits per heavy atom. The first-order valence-electron chi connectivity index (χ1n) is 8.76. The molecule has 1 fully saturated rings. The molecule has 1 N–H and O–H groups in total. The van der Waals surface area contributed by atoms with E-state index in [0.717, 1.165) is 19.6 Å². The molecular formula is C21H28N2. The van der Waals surface area contributed by atoms with Crippen LogP contribution in [0.15, 0.2) is 48.5 Å². The Labute approximate surface area is 140 Å². The molecule has 1 saturated heterocycles. The van der Waals surface area contributed by atoms with Crippen LogP contribution in [0, 0.1) is 13.8 Å². The van der Waals surface area contributed by atoms with Crippen molar-refractivity contribution in [1.82, 2.24) is 10.2 Å². The molecule has 0 bridgehead atoms. The van der Waals surface area contributed by atoms with Gasteiger partial charge in [0.1, 0.15) is 0 Å². The molecule has 0 aliphatic carbocycles. The van der Waals surface area contributed by atoms with Crippen molar-refractivity contribution in [1.29, 1.82) is 0 Å². The molecular weight excluding hydrogens is 280 g/mol. The minimum atomic E-state index is 0.606. The summed E-state index contributed by atoms with van der Waals surface area (Å²) in [6, 6.07) is 18.1. The van der Waals surface area contributed by atoms with Crippen molar-refractivity contribution < 1.29 is 0 Å². The molecule has 1 aliphatic heterocycles. The van der Waals surface area contributed by atoms with E-state index in [4.69, 9.17) is 0 Å². The second kappa shape index (κ2) is 7.76. The lowest BCUT2D eigenvalue weighted by atomic mass is 10.0. The van der Waals surface area contributed by atoms with Gasteiger partial charge in [0.15, 0.2) is 0 Å². The summed E-state index contributed by atoms with van der Waals surface area (Å²) in [6.45, 7) is 8.84. The molecule has 0 radical (unpaired) electrons. The van der Waals surface area contributed by atoms with Crippen LogP contribution in [-0.2, 0) is 13.1 Å². The third-order valence-electron chi connectivity index (χ3n) is 4.84. The zero-order valence-corrected chi connectivity index (χ0v) is 14.4. The summed E-state index contributed by atoms with van der Waals surface area (Å²) < 4.78 is 0. The molecule has 122 valence electrons. The fourth-order valence-electron chi connectivity index (χ4n) is 3.44. The van der Waals surface area contributed by atoms with Crippen molar-refractivity contribution in [3.05, 3.63) is 70.8 Å². The lowest BCUT2D eigenvalue weighted by Crippen LogP contribution is -2.45. The third kappa shape index (κ3) is 4.66. The number of nitrogens with zero attached hydrogens (tertiary/aromatic N) is 1. The molecule has 1 aliphatic rings. The number of benzene rings is 2. The summed E-state index contributed by atoms with van der Waals surface area (Å²) in [5.74, 6) is 0. The zero-order valence-electron chi connectivity index (χ0n) is 14.4. The van der Waals surface area contributed by atoms with E-state index in [2.05, 4.69) is 72.6 Å². The molecule has 2 aromatic carbocycles. The second-order valence-corrected chi connectivity index (χ2v) is 6.87. The van der Waals surface area contributed by atoms with Crippen LogP contribution in [0.4, 0.5) is 0 Å². The molecule has 0 amide bonds. The lowest BCUT2D eigenvalue weighted by molar-refractivity contribution is 0.182. The van der Waals surface area contributed by atoms with E-state index in [0.29, 0.717) is 6.04 Å². The normalized spacial score (nSPS) is 19.0. The van der Waals surface area contributed by atoms with Crippen molar-refractivity contribution >= 4 is 0 Å². The van der Waals surface area contributed by atoms with Gasteiger partial charge in [-0.1, -0.05) is 54.1 Å². The van der Waals surface area contributed by atoms with Gasteiger partial charge in [-0.3, -0.25) is 4.90 Å². The van der Waals surface area contributed by atoms with Crippen LogP contribution in [0.3, 0.4) is 0 Å². The van der Waals surface area contributed by atoms with Gasteiger partial charge in [0.2, 0.25) is 0 Å². The average Bonchev–Trinajstić information content (AvgIpc) is 2.58. The van der Waals surface area contributed by atoms with E-state index in [-0.39, 0.29) is 0 Å². The van der Waals surface area contributed by atoms with Crippen LogP contribution < -0.4 is 5.32 Å². The number of aryl methyl sites for hydroxylation is 2. The SMILES string of the molecule is Cc1ccc(C)c(CN2CCCC(NCc3ccccc3)C2)c1. The van der Waals surface area contributed by atoms with Crippen LogP contribution in [0.25, 0.3) is 0 Å². The standard InChI is InChI=1S/C21H28N2/c1-17-10-11-18(2)20(13-17)15-23-12-6-9-21(16-23)22-14-19-7-4-3-5-8-19/h3-5,7-8,10-11,13,21-22H,6,9,12,14-16H2,1-2H3. The van der Waals surface area contributed by atoms with Crippen molar-refractivity contribution in [3.8, 4) is 0 Å². The summed E-state index contributed by atoms with van der Waals surface area (Å²) in [7, 11) is 0. The molecule has 1 heterocycles. The quantitative estimate of drug-likeness (QED) is 0.896. The van der Waals surface area contributed by atoms with Crippen molar-refractivity contribution in [3.63, 3.8) is 0 Å². The maximum Gasteiger partial charge on any atom is 0.0237 e. The van der Waals surface area contributed by atoms with E-state index in [1.54, 1.807) is 0 Å². The van der Waals surface area contributed by atoms with Crippen LogP contribution >= 0.6 is 0 Å². The van der Waals surface area contributed by atoms with Crippen LogP contribution in [-0.4, -0.2) is 24.0 Å². The minimum Gasteiger partial charge on any atom is -0.309 e. The van der Waals surface area contributed by atoms with Crippen LogP contribution in [0.5, 0.6) is 0 Å². The van der Waals surface area contributed by atoms with Crippen LogP contribution in [0.2, 0.25) is 0 Å².